The molecule has 0 spiro atoms. The summed E-state index contributed by atoms with van der Waals surface area (Å²) >= 11 is 0. The van der Waals surface area contributed by atoms with Crippen LogP contribution in [0.5, 0.6) is 0 Å². The molecule has 1 aliphatic rings. The maximum atomic E-state index is 4.68. The normalized spacial score (nSPS) is 18.4. The number of aryl methyl sites for hydroxylation is 1. The zero-order valence-corrected chi connectivity index (χ0v) is 10.6. The molecule has 16 heavy (non-hydrogen) atoms. The second-order valence-electron chi connectivity index (χ2n) is 5.03. The summed E-state index contributed by atoms with van der Waals surface area (Å²) in [7, 11) is 0. The predicted octanol–water partition coefficient (Wildman–Crippen LogP) is 4.39. The average Bonchev–Trinajstić information content (AvgIpc) is 2.57. The van der Waals surface area contributed by atoms with Crippen LogP contribution in [0.4, 0.5) is 0 Å². The molecule has 1 heterocycles. The Bertz CT molecular complexity index is 335. The predicted molar refractivity (Wildman–Crippen MR) is 68.8 cm³/mol. The number of pyridine rings is 1. The van der Waals surface area contributed by atoms with Crippen LogP contribution in [0.15, 0.2) is 12.3 Å². The van der Waals surface area contributed by atoms with E-state index in [0.717, 1.165) is 12.3 Å². The Labute approximate surface area is 99.3 Å². The molecule has 0 atom stereocenters. The molecule has 1 aromatic heterocycles. The van der Waals surface area contributed by atoms with E-state index in [1.807, 2.05) is 6.20 Å². The lowest BCUT2D eigenvalue weighted by atomic mass is 9.90. The molecule has 2 rings (SSSR count). The van der Waals surface area contributed by atoms with E-state index in [-0.39, 0.29) is 0 Å². The summed E-state index contributed by atoms with van der Waals surface area (Å²) in [5.74, 6) is 0.734. The van der Waals surface area contributed by atoms with E-state index < -0.39 is 0 Å². The second-order valence-corrected chi connectivity index (χ2v) is 5.03. The molecule has 1 nitrogen and oxygen atoms in total. The number of rotatable bonds is 2. The van der Waals surface area contributed by atoms with Gasteiger partial charge in [0.15, 0.2) is 0 Å². The molecule has 0 aromatic carbocycles. The van der Waals surface area contributed by atoms with Gasteiger partial charge in [0.1, 0.15) is 0 Å². The molecule has 88 valence electrons. The summed E-state index contributed by atoms with van der Waals surface area (Å²) in [5, 5.41) is 0. The van der Waals surface area contributed by atoms with Crippen molar-refractivity contribution in [2.24, 2.45) is 0 Å². The minimum Gasteiger partial charge on any atom is -0.261 e. The topological polar surface area (TPSA) is 12.9 Å². The summed E-state index contributed by atoms with van der Waals surface area (Å²) in [6, 6.07) is 2.15. The smallest absolute Gasteiger partial charge is 0.0468 e. The molecule has 0 N–H and O–H groups in total. The largest absolute Gasteiger partial charge is 0.261 e. The Balaban J connectivity index is 2.27. The number of nitrogens with zero attached hydrogens (tertiary/aromatic N) is 1. The van der Waals surface area contributed by atoms with Gasteiger partial charge in [0.2, 0.25) is 0 Å². The summed E-state index contributed by atoms with van der Waals surface area (Å²) in [4.78, 5) is 4.68. The van der Waals surface area contributed by atoms with Crippen LogP contribution >= 0.6 is 0 Å². The van der Waals surface area contributed by atoms with Crippen molar-refractivity contribution in [2.45, 2.75) is 64.7 Å². The molecule has 1 fully saturated rings. The van der Waals surface area contributed by atoms with Crippen LogP contribution in [-0.2, 0) is 6.42 Å². The first-order valence-corrected chi connectivity index (χ1v) is 6.77. The highest BCUT2D eigenvalue weighted by Crippen LogP contribution is 2.33. The quantitative estimate of drug-likeness (QED) is 0.669. The van der Waals surface area contributed by atoms with Crippen LogP contribution < -0.4 is 0 Å². The van der Waals surface area contributed by atoms with E-state index in [9.17, 15) is 0 Å². The van der Waals surface area contributed by atoms with Crippen molar-refractivity contribution in [3.8, 4) is 0 Å². The van der Waals surface area contributed by atoms with Gasteiger partial charge in [-0.1, -0.05) is 32.6 Å². The van der Waals surface area contributed by atoms with Crippen LogP contribution in [0.3, 0.4) is 0 Å². The highest BCUT2D eigenvalue weighted by molar-refractivity contribution is 5.31. The van der Waals surface area contributed by atoms with Crippen molar-refractivity contribution in [1.82, 2.24) is 4.98 Å². The van der Waals surface area contributed by atoms with Crippen LogP contribution in [-0.4, -0.2) is 4.98 Å². The van der Waals surface area contributed by atoms with Crippen molar-refractivity contribution in [2.75, 3.05) is 0 Å². The van der Waals surface area contributed by atoms with Gasteiger partial charge in [-0.3, -0.25) is 4.98 Å². The van der Waals surface area contributed by atoms with Gasteiger partial charge in [0.05, 0.1) is 0 Å². The fourth-order valence-corrected chi connectivity index (χ4v) is 2.97. The molecule has 1 aliphatic carbocycles. The van der Waals surface area contributed by atoms with Crippen molar-refractivity contribution in [1.29, 1.82) is 0 Å². The SMILES string of the molecule is CCc1c(C)ccnc1C1CCCCCC1. The fraction of sp³-hybridized carbons (Fsp3) is 0.667. The first-order valence-electron chi connectivity index (χ1n) is 6.77. The van der Waals surface area contributed by atoms with Crippen molar-refractivity contribution in [3.05, 3.63) is 29.1 Å². The standard InChI is InChI=1S/C15H23N/c1-3-14-12(2)10-11-16-15(14)13-8-6-4-5-7-9-13/h10-11,13H,3-9H2,1-2H3. The van der Waals surface area contributed by atoms with Gasteiger partial charge >= 0.3 is 0 Å². The van der Waals surface area contributed by atoms with E-state index in [0.29, 0.717) is 0 Å². The Morgan fingerprint density at radius 1 is 1.19 bits per heavy atom. The maximum Gasteiger partial charge on any atom is 0.0468 e. The number of hydrogen-bond donors (Lipinski definition) is 0. The third-order valence-electron chi connectivity index (χ3n) is 3.92. The zero-order chi connectivity index (χ0) is 11.4. The summed E-state index contributed by atoms with van der Waals surface area (Å²) in [6.45, 7) is 4.48. The van der Waals surface area contributed by atoms with Crippen molar-refractivity contribution >= 4 is 0 Å². The van der Waals surface area contributed by atoms with E-state index in [1.54, 1.807) is 0 Å². The van der Waals surface area contributed by atoms with E-state index in [1.165, 1.54) is 55.3 Å². The minimum absolute atomic E-state index is 0.734. The summed E-state index contributed by atoms with van der Waals surface area (Å²) < 4.78 is 0. The molecule has 0 aliphatic heterocycles. The lowest BCUT2D eigenvalue weighted by Gasteiger charge is -2.18. The molecule has 0 radical (unpaired) electrons. The monoisotopic (exact) mass is 217 g/mol. The summed E-state index contributed by atoms with van der Waals surface area (Å²) in [6.07, 6.45) is 11.5. The van der Waals surface area contributed by atoms with Crippen LogP contribution in [0.1, 0.15) is 68.2 Å². The highest BCUT2D eigenvalue weighted by atomic mass is 14.7. The van der Waals surface area contributed by atoms with Gasteiger partial charge < -0.3 is 0 Å². The lowest BCUT2D eigenvalue weighted by molar-refractivity contribution is 0.571. The van der Waals surface area contributed by atoms with Crippen LogP contribution in [0.25, 0.3) is 0 Å². The van der Waals surface area contributed by atoms with Gasteiger partial charge in [-0.25, -0.2) is 0 Å². The van der Waals surface area contributed by atoms with Gasteiger partial charge in [-0.05, 0) is 43.4 Å². The molecule has 0 saturated heterocycles. The Hall–Kier alpha value is -0.850. The Morgan fingerprint density at radius 3 is 2.50 bits per heavy atom. The lowest BCUT2D eigenvalue weighted by Crippen LogP contribution is -2.06. The van der Waals surface area contributed by atoms with E-state index in [4.69, 9.17) is 0 Å². The van der Waals surface area contributed by atoms with Gasteiger partial charge in [0, 0.05) is 17.8 Å². The molecular formula is C15H23N. The zero-order valence-electron chi connectivity index (χ0n) is 10.6. The number of hydrogen-bond acceptors (Lipinski definition) is 1. The molecule has 1 heteroatoms. The number of aromatic nitrogens is 1. The molecule has 0 unspecified atom stereocenters. The summed E-state index contributed by atoms with van der Waals surface area (Å²) in [5.41, 5.74) is 4.34. The molecule has 1 saturated carbocycles. The van der Waals surface area contributed by atoms with E-state index >= 15 is 0 Å². The average molecular weight is 217 g/mol. The van der Waals surface area contributed by atoms with Gasteiger partial charge in [0.25, 0.3) is 0 Å². The van der Waals surface area contributed by atoms with Crippen molar-refractivity contribution < 1.29 is 0 Å². The van der Waals surface area contributed by atoms with Crippen LogP contribution in [0.2, 0.25) is 0 Å². The molecule has 0 amide bonds. The van der Waals surface area contributed by atoms with Crippen molar-refractivity contribution in [3.63, 3.8) is 0 Å². The third-order valence-corrected chi connectivity index (χ3v) is 3.92. The van der Waals surface area contributed by atoms with Crippen LogP contribution in [0, 0.1) is 6.92 Å². The Morgan fingerprint density at radius 2 is 1.88 bits per heavy atom. The molecule has 0 bridgehead atoms. The molecular weight excluding hydrogens is 194 g/mol. The highest BCUT2D eigenvalue weighted by Gasteiger charge is 2.18. The second kappa shape index (κ2) is 5.47. The van der Waals surface area contributed by atoms with Gasteiger partial charge in [-0.15, -0.1) is 0 Å². The fourth-order valence-electron chi connectivity index (χ4n) is 2.97. The third kappa shape index (κ3) is 2.45. The minimum atomic E-state index is 0.734. The first kappa shape index (κ1) is 11.6. The molecule has 1 aromatic rings. The maximum absolute atomic E-state index is 4.68. The van der Waals surface area contributed by atoms with Gasteiger partial charge in [-0.2, -0.15) is 0 Å². The van der Waals surface area contributed by atoms with E-state index in [2.05, 4.69) is 24.9 Å². The Kier molecular flexibility index (Phi) is 3.98. The first-order chi connectivity index (χ1) is 7.83.